The van der Waals surface area contributed by atoms with Gasteiger partial charge in [-0.1, -0.05) is 6.07 Å². The summed E-state index contributed by atoms with van der Waals surface area (Å²) in [4.78, 5) is 8.33. The minimum Gasteiger partial charge on any atom is -0.494 e. The second-order valence-electron chi connectivity index (χ2n) is 4.10. The van der Waals surface area contributed by atoms with Crippen LogP contribution in [-0.4, -0.2) is 16.6 Å². The van der Waals surface area contributed by atoms with Crippen LogP contribution >= 0.6 is 0 Å². The lowest BCUT2D eigenvalue weighted by molar-refractivity contribution is 0.338. The molecule has 1 aromatic heterocycles. The second kappa shape index (κ2) is 5.56. The van der Waals surface area contributed by atoms with E-state index in [0.717, 1.165) is 11.3 Å². The molecule has 19 heavy (non-hydrogen) atoms. The van der Waals surface area contributed by atoms with E-state index in [4.69, 9.17) is 15.2 Å². The van der Waals surface area contributed by atoms with Gasteiger partial charge in [0.2, 0.25) is 5.88 Å². The van der Waals surface area contributed by atoms with Gasteiger partial charge >= 0.3 is 0 Å². The van der Waals surface area contributed by atoms with Crippen molar-refractivity contribution in [1.82, 2.24) is 9.97 Å². The van der Waals surface area contributed by atoms with Gasteiger partial charge in [-0.3, -0.25) is 0 Å². The predicted molar refractivity (Wildman–Crippen MR) is 73.6 cm³/mol. The summed E-state index contributed by atoms with van der Waals surface area (Å²) in [5.41, 5.74) is 6.53. The number of nitrogens with two attached hydrogens (primary N) is 1. The molecular formula is C14H17N3O2. The Labute approximate surface area is 112 Å². The number of nitrogens with zero attached hydrogens (tertiary/aromatic N) is 2. The van der Waals surface area contributed by atoms with E-state index in [0.29, 0.717) is 29.9 Å². The molecule has 1 heterocycles. The molecular weight excluding hydrogens is 242 g/mol. The number of aryl methyl sites for hydroxylation is 1. The molecule has 1 aromatic carbocycles. The molecule has 5 nitrogen and oxygen atoms in total. The van der Waals surface area contributed by atoms with Crippen molar-refractivity contribution in [2.75, 3.05) is 12.3 Å². The minimum atomic E-state index is 0.434. The maximum Gasteiger partial charge on any atom is 0.227 e. The van der Waals surface area contributed by atoms with E-state index < -0.39 is 0 Å². The Hall–Kier alpha value is -2.30. The fourth-order valence-electron chi connectivity index (χ4n) is 1.63. The first kappa shape index (κ1) is 13.1. The summed E-state index contributed by atoms with van der Waals surface area (Å²) in [6.45, 7) is 6.16. The van der Waals surface area contributed by atoms with E-state index in [1.165, 1.54) is 0 Å². The van der Waals surface area contributed by atoms with E-state index in [9.17, 15) is 0 Å². The minimum absolute atomic E-state index is 0.434. The molecule has 0 unspecified atom stereocenters. The Morgan fingerprint density at radius 1 is 1.16 bits per heavy atom. The standard InChI is InChI=1S/C14H17N3O2/c1-4-18-11-6-5-7-12(8-11)19-14-9(2)13(15)16-10(3)17-14/h5-8H,4H2,1-3H3,(H2,15,16,17). The van der Waals surface area contributed by atoms with Gasteiger partial charge in [-0.25, -0.2) is 4.98 Å². The molecule has 0 bridgehead atoms. The first-order chi connectivity index (χ1) is 9.10. The third-order valence-corrected chi connectivity index (χ3v) is 2.58. The van der Waals surface area contributed by atoms with E-state index in [1.54, 1.807) is 6.92 Å². The number of rotatable bonds is 4. The SMILES string of the molecule is CCOc1cccc(Oc2nc(C)nc(N)c2C)c1. The van der Waals surface area contributed by atoms with Crippen molar-refractivity contribution in [3.63, 3.8) is 0 Å². The largest absolute Gasteiger partial charge is 0.494 e. The highest BCUT2D eigenvalue weighted by molar-refractivity contribution is 5.46. The summed E-state index contributed by atoms with van der Waals surface area (Å²) >= 11 is 0. The molecule has 0 fully saturated rings. The van der Waals surface area contributed by atoms with Gasteiger partial charge in [0, 0.05) is 6.07 Å². The zero-order valence-corrected chi connectivity index (χ0v) is 11.3. The number of ether oxygens (including phenoxy) is 2. The molecule has 100 valence electrons. The summed E-state index contributed by atoms with van der Waals surface area (Å²) in [6.07, 6.45) is 0. The Balaban J connectivity index is 2.28. The van der Waals surface area contributed by atoms with Crippen molar-refractivity contribution in [3.05, 3.63) is 35.7 Å². The molecule has 0 aliphatic rings. The van der Waals surface area contributed by atoms with Crippen LogP contribution in [0.15, 0.2) is 24.3 Å². The average Bonchev–Trinajstić information content (AvgIpc) is 2.36. The van der Waals surface area contributed by atoms with E-state index in [1.807, 2.05) is 38.1 Å². The molecule has 0 aliphatic heterocycles. The fourth-order valence-corrected chi connectivity index (χ4v) is 1.63. The van der Waals surface area contributed by atoms with Gasteiger partial charge in [-0.05, 0) is 32.9 Å². The molecule has 0 atom stereocenters. The smallest absolute Gasteiger partial charge is 0.227 e. The first-order valence-electron chi connectivity index (χ1n) is 6.11. The predicted octanol–water partition coefficient (Wildman–Crippen LogP) is 2.87. The molecule has 0 aliphatic carbocycles. The van der Waals surface area contributed by atoms with Gasteiger partial charge in [0.15, 0.2) is 0 Å². The van der Waals surface area contributed by atoms with Gasteiger partial charge in [0.05, 0.1) is 12.2 Å². The van der Waals surface area contributed by atoms with E-state index in [-0.39, 0.29) is 0 Å². The number of anilines is 1. The molecule has 2 aromatic rings. The Morgan fingerprint density at radius 2 is 1.89 bits per heavy atom. The highest BCUT2D eigenvalue weighted by Crippen LogP contribution is 2.27. The number of hydrogen-bond acceptors (Lipinski definition) is 5. The zero-order valence-electron chi connectivity index (χ0n) is 11.3. The number of aromatic nitrogens is 2. The highest BCUT2D eigenvalue weighted by atomic mass is 16.5. The quantitative estimate of drug-likeness (QED) is 0.914. The Kier molecular flexibility index (Phi) is 3.85. The van der Waals surface area contributed by atoms with Crippen molar-refractivity contribution in [3.8, 4) is 17.4 Å². The fraction of sp³-hybridized carbons (Fsp3) is 0.286. The van der Waals surface area contributed by atoms with Gasteiger partial charge in [0.1, 0.15) is 23.1 Å². The maximum atomic E-state index is 5.80. The topological polar surface area (TPSA) is 70.3 Å². The molecule has 5 heteroatoms. The number of benzene rings is 1. The van der Waals surface area contributed by atoms with Gasteiger partial charge < -0.3 is 15.2 Å². The van der Waals surface area contributed by atoms with Crippen LogP contribution in [0.2, 0.25) is 0 Å². The van der Waals surface area contributed by atoms with Gasteiger partial charge in [0.25, 0.3) is 0 Å². The van der Waals surface area contributed by atoms with Crippen molar-refractivity contribution < 1.29 is 9.47 Å². The number of hydrogen-bond donors (Lipinski definition) is 1. The summed E-state index contributed by atoms with van der Waals surface area (Å²) in [5, 5.41) is 0. The van der Waals surface area contributed by atoms with Crippen LogP contribution in [-0.2, 0) is 0 Å². The lowest BCUT2D eigenvalue weighted by Gasteiger charge is -2.10. The van der Waals surface area contributed by atoms with Crippen LogP contribution in [0.1, 0.15) is 18.3 Å². The van der Waals surface area contributed by atoms with E-state index in [2.05, 4.69) is 9.97 Å². The average molecular weight is 259 g/mol. The summed E-state index contributed by atoms with van der Waals surface area (Å²) in [7, 11) is 0. The monoisotopic (exact) mass is 259 g/mol. The van der Waals surface area contributed by atoms with Crippen LogP contribution in [0.4, 0.5) is 5.82 Å². The molecule has 0 saturated heterocycles. The van der Waals surface area contributed by atoms with Crippen LogP contribution in [0.3, 0.4) is 0 Å². The summed E-state index contributed by atoms with van der Waals surface area (Å²) < 4.78 is 11.2. The lowest BCUT2D eigenvalue weighted by atomic mass is 10.3. The first-order valence-corrected chi connectivity index (χ1v) is 6.11. The third-order valence-electron chi connectivity index (χ3n) is 2.58. The third kappa shape index (κ3) is 3.13. The van der Waals surface area contributed by atoms with Crippen molar-refractivity contribution in [2.24, 2.45) is 0 Å². The Bertz CT molecular complexity index is 585. The molecule has 0 saturated carbocycles. The molecule has 0 radical (unpaired) electrons. The van der Waals surface area contributed by atoms with Crippen molar-refractivity contribution >= 4 is 5.82 Å². The van der Waals surface area contributed by atoms with Crippen LogP contribution < -0.4 is 15.2 Å². The highest BCUT2D eigenvalue weighted by Gasteiger charge is 2.09. The lowest BCUT2D eigenvalue weighted by Crippen LogP contribution is -2.02. The molecule has 2 N–H and O–H groups in total. The summed E-state index contributed by atoms with van der Waals surface area (Å²) in [6, 6.07) is 7.40. The molecule has 0 amide bonds. The number of nitrogen functional groups attached to an aromatic ring is 1. The second-order valence-corrected chi connectivity index (χ2v) is 4.10. The van der Waals surface area contributed by atoms with Crippen LogP contribution in [0, 0.1) is 13.8 Å². The maximum absolute atomic E-state index is 5.80. The van der Waals surface area contributed by atoms with E-state index >= 15 is 0 Å². The summed E-state index contributed by atoms with van der Waals surface area (Å²) in [5.74, 6) is 2.91. The van der Waals surface area contributed by atoms with Gasteiger partial charge in [-0.15, -0.1) is 0 Å². The van der Waals surface area contributed by atoms with Crippen LogP contribution in [0.5, 0.6) is 17.4 Å². The van der Waals surface area contributed by atoms with Crippen molar-refractivity contribution in [2.45, 2.75) is 20.8 Å². The Morgan fingerprint density at radius 3 is 2.63 bits per heavy atom. The van der Waals surface area contributed by atoms with Crippen molar-refractivity contribution in [1.29, 1.82) is 0 Å². The normalized spacial score (nSPS) is 10.3. The zero-order chi connectivity index (χ0) is 13.8. The van der Waals surface area contributed by atoms with Gasteiger partial charge in [-0.2, -0.15) is 4.98 Å². The molecule has 0 spiro atoms. The van der Waals surface area contributed by atoms with Crippen LogP contribution in [0.25, 0.3) is 0 Å². The molecule has 2 rings (SSSR count).